The van der Waals surface area contributed by atoms with E-state index in [1.807, 2.05) is 4.90 Å². The van der Waals surface area contributed by atoms with Crippen LogP contribution in [-0.4, -0.2) is 28.2 Å². The van der Waals surface area contributed by atoms with Crippen LogP contribution in [0.4, 0.5) is 10.3 Å². The van der Waals surface area contributed by atoms with Gasteiger partial charge in [0.15, 0.2) is 5.82 Å². The molecule has 138 valence electrons. The van der Waals surface area contributed by atoms with Gasteiger partial charge >= 0.3 is 0 Å². The van der Waals surface area contributed by atoms with E-state index in [0.717, 1.165) is 12.8 Å². The van der Waals surface area contributed by atoms with E-state index in [-0.39, 0.29) is 16.9 Å². The highest BCUT2D eigenvalue weighted by Gasteiger charge is 2.38. The fourth-order valence-electron chi connectivity index (χ4n) is 3.27. The van der Waals surface area contributed by atoms with E-state index in [4.69, 9.17) is 8.94 Å². The number of rotatable bonds is 3. The molecule has 8 heteroatoms. The van der Waals surface area contributed by atoms with Crippen molar-refractivity contribution in [3.8, 4) is 17.5 Å². The predicted octanol–water partition coefficient (Wildman–Crippen LogP) is 3.60. The molecule has 1 aliphatic rings. The first-order valence-electron chi connectivity index (χ1n) is 8.71. The molecule has 1 aliphatic heterocycles. The molecule has 0 aliphatic carbocycles. The number of hydrogen-bond acceptors (Lipinski definition) is 7. The van der Waals surface area contributed by atoms with Crippen molar-refractivity contribution in [2.24, 2.45) is 0 Å². The summed E-state index contributed by atoms with van der Waals surface area (Å²) in [5, 5.41) is 13.3. The standard InChI is InChI=1S/C19H18FN5O2/c1-12-22-18(27-24-12)19(2)7-9-25(10-8-19)17-15(11-21)23-16(26-17)13-3-5-14(20)6-4-13/h3-6H,7-10H2,1-2H3. The average molecular weight is 367 g/mol. The molecular weight excluding hydrogens is 349 g/mol. The minimum atomic E-state index is -0.336. The van der Waals surface area contributed by atoms with Crippen molar-refractivity contribution in [1.29, 1.82) is 5.26 Å². The van der Waals surface area contributed by atoms with Gasteiger partial charge in [-0.25, -0.2) is 4.39 Å². The van der Waals surface area contributed by atoms with Crippen molar-refractivity contribution < 1.29 is 13.3 Å². The first kappa shape index (κ1) is 17.2. The summed E-state index contributed by atoms with van der Waals surface area (Å²) in [5.74, 6) is 1.69. The molecule has 7 nitrogen and oxygen atoms in total. The fraction of sp³-hybridized carbons (Fsp3) is 0.368. The zero-order chi connectivity index (χ0) is 19.0. The third-order valence-electron chi connectivity index (χ3n) is 5.00. The number of hydrogen-bond donors (Lipinski definition) is 0. The molecule has 0 saturated carbocycles. The van der Waals surface area contributed by atoms with Gasteiger partial charge in [-0.05, 0) is 44.0 Å². The molecule has 1 saturated heterocycles. The van der Waals surface area contributed by atoms with Gasteiger partial charge in [0.1, 0.15) is 11.9 Å². The lowest BCUT2D eigenvalue weighted by Gasteiger charge is -2.36. The summed E-state index contributed by atoms with van der Waals surface area (Å²) in [4.78, 5) is 10.6. The van der Waals surface area contributed by atoms with E-state index in [1.165, 1.54) is 12.1 Å². The van der Waals surface area contributed by atoms with Crippen LogP contribution in [-0.2, 0) is 5.41 Å². The first-order chi connectivity index (χ1) is 13.0. The summed E-state index contributed by atoms with van der Waals surface area (Å²) in [6.45, 7) is 5.25. The van der Waals surface area contributed by atoms with Gasteiger partial charge in [0, 0.05) is 18.7 Å². The molecule has 0 unspecified atom stereocenters. The maximum atomic E-state index is 13.1. The number of benzene rings is 1. The topological polar surface area (TPSA) is 92.0 Å². The quantitative estimate of drug-likeness (QED) is 0.698. The van der Waals surface area contributed by atoms with Crippen molar-refractivity contribution in [1.82, 2.24) is 15.1 Å². The highest BCUT2D eigenvalue weighted by Crippen LogP contribution is 2.37. The molecule has 0 spiro atoms. The molecule has 0 amide bonds. The Bertz CT molecular complexity index is 994. The number of halogens is 1. The number of anilines is 1. The Labute approximate surface area is 155 Å². The van der Waals surface area contributed by atoms with E-state index in [1.54, 1.807) is 19.1 Å². The summed E-state index contributed by atoms with van der Waals surface area (Å²) in [6, 6.07) is 7.92. The zero-order valence-electron chi connectivity index (χ0n) is 15.1. The molecular formula is C19H18FN5O2. The van der Waals surface area contributed by atoms with Crippen molar-refractivity contribution in [3.63, 3.8) is 0 Å². The lowest BCUT2D eigenvalue weighted by Crippen LogP contribution is -2.41. The second kappa shape index (κ2) is 6.50. The number of piperidine rings is 1. The van der Waals surface area contributed by atoms with Crippen LogP contribution in [0.25, 0.3) is 11.5 Å². The predicted molar refractivity (Wildman–Crippen MR) is 94.4 cm³/mol. The van der Waals surface area contributed by atoms with Gasteiger partial charge in [0.25, 0.3) is 0 Å². The van der Waals surface area contributed by atoms with Gasteiger partial charge in [-0.2, -0.15) is 15.2 Å². The molecule has 4 rings (SSSR count). The molecule has 0 bridgehead atoms. The van der Waals surface area contributed by atoms with Crippen LogP contribution in [0.5, 0.6) is 0 Å². The van der Waals surface area contributed by atoms with Gasteiger partial charge in [0.05, 0.1) is 5.41 Å². The van der Waals surface area contributed by atoms with E-state index < -0.39 is 0 Å². The van der Waals surface area contributed by atoms with Gasteiger partial charge in [-0.15, -0.1) is 0 Å². The van der Waals surface area contributed by atoms with Crippen LogP contribution in [0.15, 0.2) is 33.2 Å². The summed E-state index contributed by atoms with van der Waals surface area (Å²) >= 11 is 0. The largest absolute Gasteiger partial charge is 0.419 e. The first-order valence-corrected chi connectivity index (χ1v) is 8.71. The minimum Gasteiger partial charge on any atom is -0.419 e. The second-order valence-electron chi connectivity index (χ2n) is 6.99. The smallest absolute Gasteiger partial charge is 0.235 e. The second-order valence-corrected chi connectivity index (χ2v) is 6.99. The van der Waals surface area contributed by atoms with Crippen molar-refractivity contribution in [3.05, 3.63) is 47.5 Å². The molecule has 0 N–H and O–H groups in total. The Morgan fingerprint density at radius 1 is 1.19 bits per heavy atom. The molecule has 27 heavy (non-hydrogen) atoms. The maximum absolute atomic E-state index is 13.1. The van der Waals surface area contributed by atoms with Gasteiger partial charge in [0.2, 0.25) is 23.4 Å². The number of nitrogens with zero attached hydrogens (tertiary/aromatic N) is 5. The fourth-order valence-corrected chi connectivity index (χ4v) is 3.27. The molecule has 1 aromatic carbocycles. The number of nitriles is 1. The van der Waals surface area contributed by atoms with Crippen LogP contribution in [0, 0.1) is 24.1 Å². The summed E-state index contributed by atoms with van der Waals surface area (Å²) < 4.78 is 24.4. The van der Waals surface area contributed by atoms with Crippen molar-refractivity contribution in [2.45, 2.75) is 32.1 Å². The van der Waals surface area contributed by atoms with E-state index >= 15 is 0 Å². The highest BCUT2D eigenvalue weighted by molar-refractivity contribution is 5.59. The van der Waals surface area contributed by atoms with Crippen molar-refractivity contribution in [2.75, 3.05) is 18.0 Å². The zero-order valence-corrected chi connectivity index (χ0v) is 15.1. The Kier molecular flexibility index (Phi) is 4.15. The highest BCUT2D eigenvalue weighted by atomic mass is 19.1. The van der Waals surface area contributed by atoms with Gasteiger partial charge < -0.3 is 13.8 Å². The summed E-state index contributed by atoms with van der Waals surface area (Å²) in [7, 11) is 0. The Morgan fingerprint density at radius 3 is 2.48 bits per heavy atom. The van der Waals surface area contributed by atoms with E-state index in [0.29, 0.717) is 42.1 Å². The van der Waals surface area contributed by atoms with Crippen molar-refractivity contribution >= 4 is 5.88 Å². The van der Waals surface area contributed by atoms with Gasteiger partial charge in [-0.3, -0.25) is 0 Å². The average Bonchev–Trinajstić information content (AvgIpc) is 3.30. The van der Waals surface area contributed by atoms with Crippen LogP contribution in [0.2, 0.25) is 0 Å². The Hall–Kier alpha value is -3.21. The van der Waals surface area contributed by atoms with Gasteiger partial charge in [-0.1, -0.05) is 12.1 Å². The SMILES string of the molecule is Cc1noc(C2(C)CCN(c3oc(-c4ccc(F)cc4)nc3C#N)CC2)n1. The van der Waals surface area contributed by atoms with Crippen LogP contribution >= 0.6 is 0 Å². The molecule has 0 atom stereocenters. The Morgan fingerprint density at radius 2 is 1.89 bits per heavy atom. The lowest BCUT2D eigenvalue weighted by molar-refractivity contribution is 0.249. The molecule has 3 heterocycles. The van der Waals surface area contributed by atoms with Crippen LogP contribution < -0.4 is 4.90 Å². The third-order valence-corrected chi connectivity index (χ3v) is 5.00. The number of aryl methyl sites for hydroxylation is 1. The molecule has 1 fully saturated rings. The Balaban J connectivity index is 1.56. The van der Waals surface area contributed by atoms with E-state index in [2.05, 4.69) is 28.1 Å². The minimum absolute atomic E-state index is 0.204. The van der Waals surface area contributed by atoms with Crippen LogP contribution in [0.1, 0.15) is 37.2 Å². The summed E-state index contributed by atoms with van der Waals surface area (Å²) in [5.41, 5.74) is 0.651. The maximum Gasteiger partial charge on any atom is 0.235 e. The molecule has 2 aromatic heterocycles. The number of oxazole rings is 1. The van der Waals surface area contributed by atoms with E-state index in [9.17, 15) is 9.65 Å². The van der Waals surface area contributed by atoms with Crippen LogP contribution in [0.3, 0.4) is 0 Å². The lowest BCUT2D eigenvalue weighted by atomic mass is 9.80. The summed E-state index contributed by atoms with van der Waals surface area (Å²) in [6.07, 6.45) is 1.57. The number of aromatic nitrogens is 3. The molecule has 0 radical (unpaired) electrons. The monoisotopic (exact) mass is 367 g/mol. The molecule has 3 aromatic rings. The third kappa shape index (κ3) is 3.16. The normalized spacial score (nSPS) is 16.3.